The third-order valence-electron chi connectivity index (χ3n) is 9.92. The minimum absolute atomic E-state index is 0.0595. The van der Waals surface area contributed by atoms with Gasteiger partial charge in [-0.1, -0.05) is 126 Å². The van der Waals surface area contributed by atoms with E-state index in [2.05, 4.69) is 10.0 Å². The Kier molecular flexibility index (Phi) is 17.0. The van der Waals surface area contributed by atoms with Crippen LogP contribution < -0.4 is 0 Å². The lowest BCUT2D eigenvalue weighted by atomic mass is 9.95. The average molecular weight is 826 g/mol. The fraction of sp³-hybridized carbons (Fsp3) is 0.422. The molecule has 2 aliphatic rings. The second-order valence-electron chi connectivity index (χ2n) is 14.3. The molecule has 4 aromatic rings. The van der Waals surface area contributed by atoms with E-state index < -0.39 is 73.3 Å². The van der Waals surface area contributed by atoms with Crippen molar-refractivity contribution in [2.24, 2.45) is 5.11 Å². The van der Waals surface area contributed by atoms with Gasteiger partial charge in [0, 0.05) is 25.9 Å². The molecule has 4 aromatic carbocycles. The Bertz CT molecular complexity index is 1940. The largest absolute Gasteiger partial charge is 0.463 e. The van der Waals surface area contributed by atoms with E-state index in [1.807, 2.05) is 121 Å². The van der Waals surface area contributed by atoms with Crippen molar-refractivity contribution in [2.75, 3.05) is 20.3 Å². The number of benzene rings is 4. The summed E-state index contributed by atoms with van der Waals surface area (Å²) in [7, 11) is 1.39. The van der Waals surface area contributed by atoms with Crippen LogP contribution in [0.2, 0.25) is 0 Å². The molecule has 2 heterocycles. The van der Waals surface area contributed by atoms with Crippen molar-refractivity contribution in [1.29, 1.82) is 0 Å². The molecule has 0 bridgehead atoms. The van der Waals surface area contributed by atoms with E-state index in [4.69, 9.17) is 47.4 Å². The number of azide groups is 1. The van der Waals surface area contributed by atoms with Gasteiger partial charge in [0.25, 0.3) is 0 Å². The monoisotopic (exact) mass is 825 g/mol. The van der Waals surface area contributed by atoms with Gasteiger partial charge >= 0.3 is 11.9 Å². The summed E-state index contributed by atoms with van der Waals surface area (Å²) in [6, 6.07) is 37.2. The zero-order valence-electron chi connectivity index (χ0n) is 33.8. The molecule has 318 valence electrons. The molecule has 2 aliphatic heterocycles. The van der Waals surface area contributed by atoms with Crippen LogP contribution in [0.5, 0.6) is 0 Å². The molecule has 60 heavy (non-hydrogen) atoms. The van der Waals surface area contributed by atoms with Crippen molar-refractivity contribution < 1.29 is 57.0 Å². The summed E-state index contributed by atoms with van der Waals surface area (Å²) < 4.78 is 63.4. The molecular weight excluding hydrogens is 775 g/mol. The van der Waals surface area contributed by atoms with Gasteiger partial charge in [0.1, 0.15) is 55.4 Å². The van der Waals surface area contributed by atoms with Crippen molar-refractivity contribution in [2.45, 2.75) is 102 Å². The molecule has 0 amide bonds. The van der Waals surface area contributed by atoms with Crippen molar-refractivity contribution in [3.63, 3.8) is 0 Å². The van der Waals surface area contributed by atoms with E-state index in [-0.39, 0.29) is 39.6 Å². The Morgan fingerprint density at radius 1 is 0.583 bits per heavy atom. The SMILES string of the molecule is CO[C@H]1O[C@H](COCc2ccccc2)[C@H](O[C@H]2O[C@H](COC(C)=O)[C@@H](OCc3ccccc3)[C@H](OCc3ccccc3)[C@H]2OCc2ccccc2)[C@H](OC(C)=O)[C@H]1N=[N+]=[N-]. The van der Waals surface area contributed by atoms with Crippen LogP contribution >= 0.6 is 0 Å². The fourth-order valence-corrected chi connectivity index (χ4v) is 7.10. The van der Waals surface area contributed by atoms with Crippen LogP contribution in [-0.4, -0.2) is 93.6 Å². The molecular formula is C45H51N3O12. The van der Waals surface area contributed by atoms with Crippen molar-refractivity contribution in [3.05, 3.63) is 154 Å². The number of esters is 2. The van der Waals surface area contributed by atoms with Gasteiger partial charge in [0.15, 0.2) is 12.6 Å². The van der Waals surface area contributed by atoms with Crippen LogP contribution in [0.4, 0.5) is 0 Å². The van der Waals surface area contributed by atoms with Gasteiger partial charge in [-0.2, -0.15) is 0 Å². The van der Waals surface area contributed by atoms with Crippen LogP contribution in [-0.2, 0) is 83.4 Å². The third kappa shape index (κ3) is 12.7. The van der Waals surface area contributed by atoms with Crippen LogP contribution in [0.25, 0.3) is 10.4 Å². The van der Waals surface area contributed by atoms with Crippen LogP contribution in [0, 0.1) is 0 Å². The molecule has 0 unspecified atom stereocenters. The van der Waals surface area contributed by atoms with Crippen molar-refractivity contribution in [3.8, 4) is 0 Å². The molecule has 15 heteroatoms. The summed E-state index contributed by atoms with van der Waals surface area (Å²) in [6.07, 6.45) is -9.58. The summed E-state index contributed by atoms with van der Waals surface area (Å²) in [6.45, 7) is 2.93. The Balaban J connectivity index is 1.40. The maximum atomic E-state index is 12.8. The Hall–Kier alpha value is -5.19. The van der Waals surface area contributed by atoms with Crippen LogP contribution in [0.3, 0.4) is 0 Å². The quantitative estimate of drug-likeness (QED) is 0.0404. The molecule has 0 saturated carbocycles. The predicted molar refractivity (Wildman–Crippen MR) is 215 cm³/mol. The van der Waals surface area contributed by atoms with Crippen LogP contribution in [0.15, 0.2) is 126 Å². The number of hydrogen-bond acceptors (Lipinski definition) is 13. The van der Waals surface area contributed by atoms with Gasteiger partial charge in [0.2, 0.25) is 0 Å². The van der Waals surface area contributed by atoms with Crippen LogP contribution in [0.1, 0.15) is 36.1 Å². The van der Waals surface area contributed by atoms with E-state index in [0.29, 0.717) is 0 Å². The van der Waals surface area contributed by atoms with Gasteiger partial charge in [0.05, 0.1) is 33.0 Å². The molecule has 0 spiro atoms. The van der Waals surface area contributed by atoms with Gasteiger partial charge in [-0.25, -0.2) is 0 Å². The van der Waals surface area contributed by atoms with Crippen molar-refractivity contribution >= 4 is 11.9 Å². The fourth-order valence-electron chi connectivity index (χ4n) is 7.10. The van der Waals surface area contributed by atoms with Gasteiger partial charge in [-0.15, -0.1) is 0 Å². The highest BCUT2D eigenvalue weighted by atomic mass is 16.8. The summed E-state index contributed by atoms with van der Waals surface area (Å²) in [4.78, 5) is 28.1. The lowest BCUT2D eigenvalue weighted by Gasteiger charge is -2.49. The predicted octanol–water partition coefficient (Wildman–Crippen LogP) is 6.61. The van der Waals surface area contributed by atoms with E-state index in [1.165, 1.54) is 21.0 Å². The van der Waals surface area contributed by atoms with Gasteiger partial charge in [-0.05, 0) is 27.8 Å². The molecule has 2 saturated heterocycles. The first-order valence-corrected chi connectivity index (χ1v) is 19.7. The number of carbonyl (C=O) groups excluding carboxylic acids is 2. The first-order valence-electron chi connectivity index (χ1n) is 19.7. The molecule has 2 fully saturated rings. The smallest absolute Gasteiger partial charge is 0.303 e. The first kappa shape index (κ1) is 44.4. The Morgan fingerprint density at radius 3 is 1.53 bits per heavy atom. The second-order valence-corrected chi connectivity index (χ2v) is 14.3. The molecule has 0 aromatic heterocycles. The minimum atomic E-state index is -1.30. The Labute approximate surface area is 349 Å². The van der Waals surface area contributed by atoms with E-state index >= 15 is 0 Å². The topological polar surface area (TPSA) is 175 Å². The molecule has 0 radical (unpaired) electrons. The second kappa shape index (κ2) is 23.0. The Morgan fingerprint density at radius 2 is 1.05 bits per heavy atom. The summed E-state index contributed by atoms with van der Waals surface area (Å²) in [5.74, 6) is -1.20. The van der Waals surface area contributed by atoms with Crippen molar-refractivity contribution in [1.82, 2.24) is 0 Å². The zero-order valence-corrected chi connectivity index (χ0v) is 33.8. The first-order chi connectivity index (χ1) is 29.3. The van der Waals surface area contributed by atoms with E-state index in [0.717, 1.165) is 22.3 Å². The lowest BCUT2D eigenvalue weighted by molar-refractivity contribution is -0.360. The number of methoxy groups -OCH3 is 1. The zero-order chi connectivity index (χ0) is 42.1. The standard InChI is InChI=1S/C45H51N3O12/c1-30(49)53-29-37-39(54-25-33-18-10-5-11-19-33)42(55-26-34-20-12-6-13-21-34)43(56-27-35-22-14-7-15-23-35)45(59-37)60-40-36(28-52-24-32-16-8-4-9-17-32)58-44(51-3)38(47-48-46)41(40)57-31(2)50/h4-23,36-45H,24-29H2,1-3H3/t36-,37-,38-,39-,40+,41-,42+,43-,44+,45-/m1/s1. The van der Waals surface area contributed by atoms with Gasteiger partial charge < -0.3 is 47.4 Å². The van der Waals surface area contributed by atoms with Gasteiger partial charge in [-0.3, -0.25) is 9.59 Å². The van der Waals surface area contributed by atoms with E-state index in [1.54, 1.807) is 0 Å². The minimum Gasteiger partial charge on any atom is -0.463 e. The average Bonchev–Trinajstić information content (AvgIpc) is 3.27. The number of ether oxygens (including phenoxy) is 10. The molecule has 6 rings (SSSR count). The number of carbonyl (C=O) groups is 2. The maximum absolute atomic E-state index is 12.8. The maximum Gasteiger partial charge on any atom is 0.303 e. The summed E-state index contributed by atoms with van der Waals surface area (Å²) >= 11 is 0. The third-order valence-corrected chi connectivity index (χ3v) is 9.92. The van der Waals surface area contributed by atoms with E-state index in [9.17, 15) is 15.1 Å². The lowest BCUT2D eigenvalue weighted by Crippen LogP contribution is -2.66. The molecule has 0 aliphatic carbocycles. The summed E-state index contributed by atoms with van der Waals surface area (Å²) in [5, 5.41) is 3.94. The number of rotatable bonds is 20. The highest BCUT2D eigenvalue weighted by molar-refractivity contribution is 5.66. The molecule has 15 nitrogen and oxygen atoms in total. The number of nitrogens with zero attached hydrogens (tertiary/aromatic N) is 3. The molecule has 10 atom stereocenters. The highest BCUT2D eigenvalue weighted by Gasteiger charge is 2.54. The number of hydrogen-bond donors (Lipinski definition) is 0. The highest BCUT2D eigenvalue weighted by Crippen LogP contribution is 2.36. The summed E-state index contributed by atoms with van der Waals surface area (Å²) in [5.41, 5.74) is 13.2. The molecule has 0 N–H and O–H groups in total. The normalized spacial score (nSPS) is 26.4.